The molecular formula is C19H26N2O. The molecule has 1 saturated heterocycles. The van der Waals surface area contributed by atoms with Gasteiger partial charge in [-0.15, -0.1) is 0 Å². The topological polar surface area (TPSA) is 23.6 Å². The number of benzene rings is 1. The summed E-state index contributed by atoms with van der Waals surface area (Å²) >= 11 is 0. The summed E-state index contributed by atoms with van der Waals surface area (Å²) in [5.41, 5.74) is 1.34. The van der Waals surface area contributed by atoms with E-state index in [9.17, 15) is 4.79 Å². The van der Waals surface area contributed by atoms with Crippen LogP contribution >= 0.6 is 0 Å². The van der Waals surface area contributed by atoms with Crippen LogP contribution in [0.2, 0.25) is 0 Å². The van der Waals surface area contributed by atoms with E-state index in [0.717, 1.165) is 19.5 Å². The highest BCUT2D eigenvalue weighted by molar-refractivity contribution is 5.83. The molecule has 2 saturated carbocycles. The highest BCUT2D eigenvalue weighted by Crippen LogP contribution is 2.49. The minimum atomic E-state index is 0.248. The van der Waals surface area contributed by atoms with Crippen LogP contribution in [0.4, 0.5) is 0 Å². The Hall–Kier alpha value is -1.35. The lowest BCUT2D eigenvalue weighted by molar-refractivity contribution is -0.136. The molecule has 118 valence electrons. The predicted molar refractivity (Wildman–Crippen MR) is 87.6 cm³/mol. The maximum atomic E-state index is 12.9. The summed E-state index contributed by atoms with van der Waals surface area (Å²) in [6.45, 7) is 1.96. The van der Waals surface area contributed by atoms with E-state index in [1.165, 1.54) is 18.4 Å². The first-order chi connectivity index (χ1) is 10.6. The molecule has 3 heteroatoms. The SMILES string of the molecule is CN(C)C1[C@@H]2CC[C@H]1CN(C(=O)[C@@H]1C[C@H]1c1ccccc1)C2. The molecule has 5 atom stereocenters. The molecule has 2 aliphatic carbocycles. The number of rotatable bonds is 3. The number of amides is 1. The largest absolute Gasteiger partial charge is 0.342 e. The average Bonchev–Trinajstić information content (AvgIpc) is 3.27. The number of nitrogens with zero attached hydrogens (tertiary/aromatic N) is 2. The molecule has 0 spiro atoms. The van der Waals surface area contributed by atoms with Gasteiger partial charge in [-0.1, -0.05) is 30.3 Å². The lowest BCUT2D eigenvalue weighted by Gasteiger charge is -2.41. The molecule has 1 unspecified atom stereocenters. The standard InChI is InChI=1S/C19H26N2O/c1-20(2)18-14-8-9-15(18)12-21(11-14)19(22)17-10-16(17)13-6-4-3-5-7-13/h3-7,14-18H,8-12H2,1-2H3/t14-,15+,16-,17+,18?/m0/s1. The van der Waals surface area contributed by atoms with Gasteiger partial charge in [0.15, 0.2) is 0 Å². The van der Waals surface area contributed by atoms with Crippen molar-refractivity contribution in [1.82, 2.24) is 9.80 Å². The Kier molecular flexibility index (Phi) is 3.48. The van der Waals surface area contributed by atoms with Crippen LogP contribution in [-0.4, -0.2) is 48.9 Å². The molecule has 3 aliphatic rings. The summed E-state index contributed by atoms with van der Waals surface area (Å²) < 4.78 is 0. The van der Waals surface area contributed by atoms with Crippen molar-refractivity contribution < 1.29 is 4.79 Å². The van der Waals surface area contributed by atoms with Gasteiger partial charge in [0, 0.05) is 25.0 Å². The van der Waals surface area contributed by atoms with Crippen LogP contribution in [0.3, 0.4) is 0 Å². The van der Waals surface area contributed by atoms with E-state index in [1.807, 2.05) is 6.07 Å². The van der Waals surface area contributed by atoms with E-state index in [-0.39, 0.29) is 5.92 Å². The maximum Gasteiger partial charge on any atom is 0.226 e. The predicted octanol–water partition coefficient (Wildman–Crippen LogP) is 2.59. The molecule has 3 fully saturated rings. The fourth-order valence-electron chi connectivity index (χ4n) is 4.99. The number of carbonyl (C=O) groups excluding carboxylic acids is 1. The van der Waals surface area contributed by atoms with E-state index in [1.54, 1.807) is 0 Å². The zero-order valence-corrected chi connectivity index (χ0v) is 13.6. The molecular weight excluding hydrogens is 272 g/mol. The lowest BCUT2D eigenvalue weighted by atomic mass is 9.91. The molecule has 1 heterocycles. The minimum Gasteiger partial charge on any atom is -0.342 e. The third kappa shape index (κ3) is 2.36. The second kappa shape index (κ2) is 5.38. The van der Waals surface area contributed by atoms with Gasteiger partial charge in [0.25, 0.3) is 0 Å². The summed E-state index contributed by atoms with van der Waals surface area (Å²) in [6, 6.07) is 11.2. The van der Waals surface area contributed by atoms with Crippen LogP contribution in [-0.2, 0) is 4.79 Å². The molecule has 1 aliphatic heterocycles. The molecule has 0 radical (unpaired) electrons. The van der Waals surface area contributed by atoms with Gasteiger partial charge < -0.3 is 9.80 Å². The van der Waals surface area contributed by atoms with Crippen molar-refractivity contribution in [3.05, 3.63) is 35.9 Å². The molecule has 3 nitrogen and oxygen atoms in total. The number of likely N-dealkylation sites (tertiary alicyclic amines) is 1. The van der Waals surface area contributed by atoms with Crippen molar-refractivity contribution in [2.45, 2.75) is 31.2 Å². The fraction of sp³-hybridized carbons (Fsp3) is 0.632. The highest BCUT2D eigenvalue weighted by Gasteiger charge is 2.50. The monoisotopic (exact) mass is 298 g/mol. The van der Waals surface area contributed by atoms with E-state index < -0.39 is 0 Å². The smallest absolute Gasteiger partial charge is 0.226 e. The van der Waals surface area contributed by atoms with E-state index in [4.69, 9.17) is 0 Å². The van der Waals surface area contributed by atoms with Gasteiger partial charge >= 0.3 is 0 Å². The summed E-state index contributed by atoms with van der Waals surface area (Å²) in [4.78, 5) is 17.4. The van der Waals surface area contributed by atoms with E-state index >= 15 is 0 Å². The van der Waals surface area contributed by atoms with Crippen molar-refractivity contribution in [3.63, 3.8) is 0 Å². The Bertz CT molecular complexity index is 542. The van der Waals surface area contributed by atoms with Crippen LogP contribution in [0.25, 0.3) is 0 Å². The van der Waals surface area contributed by atoms with Gasteiger partial charge in [0.1, 0.15) is 0 Å². The zero-order chi connectivity index (χ0) is 15.3. The number of fused-ring (bicyclic) bond motifs is 2. The van der Waals surface area contributed by atoms with Gasteiger partial charge in [-0.05, 0) is 56.7 Å². The summed E-state index contributed by atoms with van der Waals surface area (Å²) in [7, 11) is 4.39. The van der Waals surface area contributed by atoms with Gasteiger partial charge in [0.05, 0.1) is 0 Å². The Morgan fingerprint density at radius 3 is 2.32 bits per heavy atom. The molecule has 0 N–H and O–H groups in total. The van der Waals surface area contributed by atoms with E-state index in [2.05, 4.69) is 48.2 Å². The first kappa shape index (κ1) is 14.3. The number of hydrogen-bond acceptors (Lipinski definition) is 2. The molecule has 1 aromatic carbocycles. The second-order valence-corrected chi connectivity index (χ2v) is 7.65. The molecule has 1 amide bonds. The van der Waals surface area contributed by atoms with Crippen LogP contribution < -0.4 is 0 Å². The molecule has 22 heavy (non-hydrogen) atoms. The molecule has 1 aromatic rings. The Morgan fingerprint density at radius 2 is 1.73 bits per heavy atom. The summed E-state index contributed by atoms with van der Waals surface area (Å²) in [5.74, 6) is 2.51. The normalized spacial score (nSPS) is 36.7. The summed E-state index contributed by atoms with van der Waals surface area (Å²) in [5, 5.41) is 0. The molecule has 2 bridgehead atoms. The van der Waals surface area contributed by atoms with Gasteiger partial charge in [-0.2, -0.15) is 0 Å². The summed E-state index contributed by atoms with van der Waals surface area (Å²) in [6.07, 6.45) is 3.64. The van der Waals surface area contributed by atoms with Crippen molar-refractivity contribution in [2.75, 3.05) is 27.2 Å². The Balaban J connectivity index is 1.41. The second-order valence-electron chi connectivity index (χ2n) is 7.65. The van der Waals surface area contributed by atoms with Crippen molar-refractivity contribution in [1.29, 1.82) is 0 Å². The molecule has 4 rings (SSSR count). The van der Waals surface area contributed by atoms with Crippen molar-refractivity contribution >= 4 is 5.91 Å². The first-order valence-corrected chi connectivity index (χ1v) is 8.65. The average molecular weight is 298 g/mol. The van der Waals surface area contributed by atoms with Crippen LogP contribution in [0, 0.1) is 17.8 Å². The van der Waals surface area contributed by atoms with Crippen LogP contribution in [0.1, 0.15) is 30.7 Å². The lowest BCUT2D eigenvalue weighted by Crippen LogP contribution is -2.52. The fourth-order valence-corrected chi connectivity index (χ4v) is 4.99. The Labute approximate surface area is 133 Å². The van der Waals surface area contributed by atoms with Gasteiger partial charge in [0.2, 0.25) is 5.91 Å². The van der Waals surface area contributed by atoms with Gasteiger partial charge in [-0.3, -0.25) is 4.79 Å². The van der Waals surface area contributed by atoms with Gasteiger partial charge in [-0.25, -0.2) is 0 Å². The number of piperidine rings is 1. The van der Waals surface area contributed by atoms with E-state index in [0.29, 0.717) is 29.7 Å². The number of carbonyl (C=O) groups is 1. The maximum absolute atomic E-state index is 12.9. The van der Waals surface area contributed by atoms with Crippen LogP contribution in [0.15, 0.2) is 30.3 Å². The zero-order valence-electron chi connectivity index (χ0n) is 13.6. The third-order valence-corrected chi connectivity index (χ3v) is 6.03. The number of hydrogen-bond donors (Lipinski definition) is 0. The quantitative estimate of drug-likeness (QED) is 0.856. The van der Waals surface area contributed by atoms with Crippen molar-refractivity contribution in [3.8, 4) is 0 Å². The Morgan fingerprint density at radius 1 is 1.09 bits per heavy atom. The molecule has 0 aromatic heterocycles. The van der Waals surface area contributed by atoms with Crippen LogP contribution in [0.5, 0.6) is 0 Å². The first-order valence-electron chi connectivity index (χ1n) is 8.65. The minimum absolute atomic E-state index is 0.248. The third-order valence-electron chi connectivity index (χ3n) is 6.03. The van der Waals surface area contributed by atoms with Crippen molar-refractivity contribution in [2.24, 2.45) is 17.8 Å². The highest BCUT2D eigenvalue weighted by atomic mass is 16.2.